The van der Waals surface area contributed by atoms with Crippen LogP contribution in [0.25, 0.3) is 0 Å². The molecule has 1 fully saturated rings. The van der Waals surface area contributed by atoms with E-state index in [-0.39, 0.29) is 18.6 Å². The quantitative estimate of drug-likeness (QED) is 0.629. The van der Waals surface area contributed by atoms with Crippen LogP contribution in [0.3, 0.4) is 0 Å². The molecule has 11 heavy (non-hydrogen) atoms. The summed E-state index contributed by atoms with van der Waals surface area (Å²) in [5, 5.41) is 0. The summed E-state index contributed by atoms with van der Waals surface area (Å²) in [6.45, 7) is 1.67. The van der Waals surface area contributed by atoms with Crippen LogP contribution < -0.4 is 5.73 Å². The van der Waals surface area contributed by atoms with Crippen LogP contribution in [0.1, 0.15) is 26.2 Å². The fourth-order valence-corrected chi connectivity index (χ4v) is 1.51. The summed E-state index contributed by atoms with van der Waals surface area (Å²) in [5.74, 6) is -2.80. The number of hydrogen-bond acceptors (Lipinski definition) is 1. The van der Waals surface area contributed by atoms with E-state index in [1.165, 1.54) is 0 Å². The second-order valence-corrected chi connectivity index (χ2v) is 3.27. The molecule has 64 valence electrons. The topological polar surface area (TPSA) is 44.7 Å². The molecule has 0 spiro atoms. The molecule has 0 atom stereocenters. The summed E-state index contributed by atoms with van der Waals surface area (Å²) in [6.07, 6.45) is -0.432. The lowest BCUT2D eigenvalue weighted by atomic mass is 9.71. The van der Waals surface area contributed by atoms with Crippen molar-refractivity contribution < 1.29 is 19.3 Å². The molecule has 0 aliphatic heterocycles. The second kappa shape index (κ2) is 2.24. The summed E-state index contributed by atoms with van der Waals surface area (Å²) in [5.41, 5.74) is 2.54. The molecule has 0 saturated heterocycles. The first-order chi connectivity index (χ1) is 4.90. The van der Waals surface area contributed by atoms with E-state index in [1.807, 2.05) is 0 Å². The first-order valence-corrected chi connectivity index (χ1v) is 3.66. The average molecular weight is 164 g/mol. The summed E-state index contributed by atoms with van der Waals surface area (Å²) in [7, 11) is 0. The highest BCUT2D eigenvalue weighted by Crippen LogP contribution is 2.43. The Labute approximate surface area is 63.8 Å². The summed E-state index contributed by atoms with van der Waals surface area (Å²) in [4.78, 5) is 11.0. The van der Waals surface area contributed by atoms with Gasteiger partial charge in [0.05, 0.1) is 12.8 Å². The molecule has 0 aromatic carbocycles. The summed E-state index contributed by atoms with van der Waals surface area (Å²) >= 11 is 0. The third-order valence-electron chi connectivity index (χ3n) is 2.11. The minimum Gasteiger partial charge on any atom is -0.346 e. The molecule has 0 bridgehead atoms. The first kappa shape index (κ1) is 8.59. The van der Waals surface area contributed by atoms with E-state index >= 15 is 0 Å². The van der Waals surface area contributed by atoms with Crippen molar-refractivity contribution in [2.45, 2.75) is 37.6 Å². The smallest absolute Gasteiger partial charge is 0.261 e. The highest BCUT2D eigenvalue weighted by Gasteiger charge is 2.61. The molecular formula is C7H12F2NO+. The molecule has 1 aliphatic carbocycles. The highest BCUT2D eigenvalue weighted by atomic mass is 19.3. The van der Waals surface area contributed by atoms with Crippen LogP contribution in [0.4, 0.5) is 8.78 Å². The molecule has 0 radical (unpaired) electrons. The van der Waals surface area contributed by atoms with Gasteiger partial charge in [0, 0.05) is 6.42 Å². The van der Waals surface area contributed by atoms with Gasteiger partial charge in [-0.1, -0.05) is 6.92 Å². The number of halogens is 2. The molecule has 3 N–H and O–H groups in total. The molecule has 1 saturated carbocycles. The Morgan fingerprint density at radius 2 is 2.00 bits per heavy atom. The molecule has 1 rings (SSSR count). The third kappa shape index (κ3) is 1.40. The first-order valence-electron chi connectivity index (χ1n) is 3.66. The van der Waals surface area contributed by atoms with Crippen molar-refractivity contribution in [3.05, 3.63) is 0 Å². The molecule has 0 aromatic heterocycles. The number of Topliss-reactive ketones (excluding diaryl/α,β-unsaturated/α-hetero) is 1. The van der Waals surface area contributed by atoms with E-state index < -0.39 is 11.5 Å². The number of carbonyl (C=O) groups excluding carboxylic acids is 1. The lowest BCUT2D eigenvalue weighted by Crippen LogP contribution is -2.84. The SMILES string of the molecule is CCC(=O)C1([NH3+])CC(F)(F)C1. The van der Waals surface area contributed by atoms with Gasteiger partial charge in [-0.3, -0.25) is 4.79 Å². The Hall–Kier alpha value is -0.510. The van der Waals surface area contributed by atoms with Crippen molar-refractivity contribution in [3.63, 3.8) is 0 Å². The molecular weight excluding hydrogens is 152 g/mol. The molecule has 0 unspecified atom stereocenters. The van der Waals surface area contributed by atoms with Gasteiger partial charge in [0.1, 0.15) is 0 Å². The van der Waals surface area contributed by atoms with Gasteiger partial charge in [-0.05, 0) is 0 Å². The summed E-state index contributed by atoms with van der Waals surface area (Å²) < 4.78 is 24.7. The molecule has 0 heterocycles. The lowest BCUT2D eigenvalue weighted by molar-refractivity contribution is -0.501. The number of alkyl halides is 2. The van der Waals surface area contributed by atoms with Gasteiger partial charge < -0.3 is 5.73 Å². The van der Waals surface area contributed by atoms with Crippen LogP contribution in [0.15, 0.2) is 0 Å². The van der Waals surface area contributed by atoms with E-state index in [1.54, 1.807) is 6.92 Å². The van der Waals surface area contributed by atoms with Crippen molar-refractivity contribution >= 4 is 5.78 Å². The largest absolute Gasteiger partial charge is 0.346 e. The van der Waals surface area contributed by atoms with Gasteiger partial charge in [-0.2, -0.15) is 0 Å². The number of carbonyl (C=O) groups is 1. The van der Waals surface area contributed by atoms with Crippen LogP contribution in [0.5, 0.6) is 0 Å². The minimum absolute atomic E-state index is 0.150. The number of ketones is 1. The van der Waals surface area contributed by atoms with Crippen molar-refractivity contribution in [1.82, 2.24) is 0 Å². The van der Waals surface area contributed by atoms with Crippen LogP contribution in [-0.4, -0.2) is 17.2 Å². The predicted molar refractivity (Wildman–Crippen MR) is 35.1 cm³/mol. The summed E-state index contributed by atoms with van der Waals surface area (Å²) in [6, 6.07) is 0. The van der Waals surface area contributed by atoms with Crippen LogP contribution in [-0.2, 0) is 4.79 Å². The maximum Gasteiger partial charge on any atom is 0.261 e. The van der Waals surface area contributed by atoms with Crippen molar-refractivity contribution in [1.29, 1.82) is 0 Å². The van der Waals surface area contributed by atoms with E-state index in [2.05, 4.69) is 5.73 Å². The van der Waals surface area contributed by atoms with Gasteiger partial charge >= 0.3 is 0 Å². The van der Waals surface area contributed by atoms with E-state index in [4.69, 9.17) is 0 Å². The Balaban J connectivity index is 2.56. The zero-order chi connectivity index (χ0) is 8.70. The van der Waals surface area contributed by atoms with Gasteiger partial charge in [0.25, 0.3) is 5.92 Å². The van der Waals surface area contributed by atoms with Gasteiger partial charge in [0.15, 0.2) is 11.3 Å². The maximum atomic E-state index is 12.3. The van der Waals surface area contributed by atoms with E-state index in [0.717, 1.165) is 0 Å². The molecule has 0 amide bonds. The fraction of sp³-hybridized carbons (Fsp3) is 0.857. The zero-order valence-corrected chi connectivity index (χ0v) is 6.49. The van der Waals surface area contributed by atoms with Gasteiger partial charge in [-0.25, -0.2) is 8.78 Å². The Bertz CT molecular complexity index is 183. The van der Waals surface area contributed by atoms with Crippen molar-refractivity contribution in [3.8, 4) is 0 Å². The third-order valence-corrected chi connectivity index (χ3v) is 2.11. The fourth-order valence-electron chi connectivity index (χ4n) is 1.51. The minimum atomic E-state index is -2.65. The second-order valence-electron chi connectivity index (χ2n) is 3.27. The average Bonchev–Trinajstić information content (AvgIpc) is 1.81. The monoisotopic (exact) mass is 164 g/mol. The van der Waals surface area contributed by atoms with Crippen LogP contribution >= 0.6 is 0 Å². The van der Waals surface area contributed by atoms with E-state index in [9.17, 15) is 13.6 Å². The number of quaternary nitrogens is 1. The van der Waals surface area contributed by atoms with Gasteiger partial charge in [0.2, 0.25) is 0 Å². The van der Waals surface area contributed by atoms with Gasteiger partial charge in [-0.15, -0.1) is 0 Å². The normalized spacial score (nSPS) is 25.8. The Morgan fingerprint density at radius 1 is 1.55 bits per heavy atom. The Kier molecular flexibility index (Phi) is 1.75. The Morgan fingerprint density at radius 3 is 2.27 bits per heavy atom. The predicted octanol–water partition coefficient (Wildman–Crippen LogP) is 0.375. The maximum absolute atomic E-state index is 12.3. The molecule has 4 heteroatoms. The van der Waals surface area contributed by atoms with E-state index in [0.29, 0.717) is 6.42 Å². The molecule has 1 aliphatic rings. The highest BCUT2D eigenvalue weighted by molar-refractivity contribution is 5.87. The van der Waals surface area contributed by atoms with Crippen LogP contribution in [0, 0.1) is 0 Å². The zero-order valence-electron chi connectivity index (χ0n) is 6.49. The molecule has 2 nitrogen and oxygen atoms in total. The number of hydrogen-bond donors (Lipinski definition) is 1. The van der Waals surface area contributed by atoms with Crippen molar-refractivity contribution in [2.24, 2.45) is 0 Å². The van der Waals surface area contributed by atoms with Crippen molar-refractivity contribution in [2.75, 3.05) is 0 Å². The standard InChI is InChI=1S/C7H11F2NO/c1-2-5(11)6(10)3-7(8,9)4-6/h2-4,10H2,1H3/p+1. The van der Waals surface area contributed by atoms with Crippen LogP contribution in [0.2, 0.25) is 0 Å². The number of rotatable bonds is 2. The lowest BCUT2D eigenvalue weighted by Gasteiger charge is -2.39. The molecule has 0 aromatic rings.